The van der Waals surface area contributed by atoms with E-state index in [1.807, 2.05) is 78.6 Å². The third kappa shape index (κ3) is 4.15. The predicted octanol–water partition coefficient (Wildman–Crippen LogP) is 4.76. The van der Waals surface area contributed by atoms with Crippen LogP contribution in [0.15, 0.2) is 72.8 Å². The van der Waals surface area contributed by atoms with E-state index >= 15 is 0 Å². The molecule has 0 aliphatic carbocycles. The van der Waals surface area contributed by atoms with Gasteiger partial charge in [0.2, 0.25) is 12.7 Å². The Labute approximate surface area is 227 Å². The van der Waals surface area contributed by atoms with Crippen molar-refractivity contribution in [2.24, 2.45) is 0 Å². The van der Waals surface area contributed by atoms with Crippen molar-refractivity contribution >= 4 is 12.0 Å². The lowest BCUT2D eigenvalue weighted by molar-refractivity contribution is -0.136. The molecule has 0 bridgehead atoms. The zero-order chi connectivity index (χ0) is 27.0. The molecule has 8 nitrogen and oxygen atoms in total. The highest BCUT2D eigenvalue weighted by Crippen LogP contribution is 2.52. The van der Waals surface area contributed by atoms with Crippen LogP contribution in [0.1, 0.15) is 42.0 Å². The summed E-state index contributed by atoms with van der Waals surface area (Å²) in [5.41, 5.74) is 1.53. The Hall–Kier alpha value is -4.51. The zero-order valence-corrected chi connectivity index (χ0v) is 21.8. The van der Waals surface area contributed by atoms with Gasteiger partial charge in [0.15, 0.2) is 11.5 Å². The van der Waals surface area contributed by atoms with Crippen LogP contribution >= 0.6 is 0 Å². The number of likely N-dealkylation sites (tertiary alicyclic amines) is 1. The summed E-state index contributed by atoms with van der Waals surface area (Å²) in [6, 6.07) is 25.0. The molecular weight excluding hydrogens is 494 g/mol. The average molecular weight is 524 g/mol. The van der Waals surface area contributed by atoms with Gasteiger partial charge in [-0.05, 0) is 41.8 Å². The summed E-state index contributed by atoms with van der Waals surface area (Å²) in [6.45, 7) is 3.44. The third-order valence-electron chi connectivity index (χ3n) is 8.45. The van der Waals surface area contributed by atoms with Crippen molar-refractivity contribution in [3.63, 3.8) is 0 Å². The van der Waals surface area contributed by atoms with Crippen LogP contribution < -0.4 is 9.47 Å². The maximum Gasteiger partial charge on any atom is 0.411 e. The van der Waals surface area contributed by atoms with E-state index in [9.17, 15) is 14.9 Å². The molecule has 3 aliphatic rings. The van der Waals surface area contributed by atoms with Gasteiger partial charge in [-0.25, -0.2) is 4.79 Å². The summed E-state index contributed by atoms with van der Waals surface area (Å²) in [4.78, 5) is 30.4. The number of hydrogen-bond acceptors (Lipinski definition) is 6. The van der Waals surface area contributed by atoms with Crippen molar-refractivity contribution in [2.45, 2.75) is 43.9 Å². The third-order valence-corrected chi connectivity index (χ3v) is 8.45. The summed E-state index contributed by atoms with van der Waals surface area (Å²) in [7, 11) is 0. The quantitative estimate of drug-likeness (QED) is 0.479. The van der Waals surface area contributed by atoms with Crippen molar-refractivity contribution in [3.8, 4) is 17.6 Å². The minimum Gasteiger partial charge on any atom is -0.454 e. The molecule has 3 aliphatic heterocycles. The number of piperidine rings is 1. The second-order valence-corrected chi connectivity index (χ2v) is 10.4. The highest BCUT2D eigenvalue weighted by atomic mass is 16.7. The van der Waals surface area contributed by atoms with Crippen molar-refractivity contribution in [1.82, 2.24) is 9.80 Å². The SMILES string of the molecule is CC1(c2ccccc2)N(Cc2ccccc2C#N)C(=O)OC12CCN(C(=O)Cc1ccc3c(c1)OCO3)CC2. The highest BCUT2D eigenvalue weighted by Gasteiger charge is 2.63. The molecule has 0 radical (unpaired) electrons. The average Bonchev–Trinajstić information content (AvgIpc) is 3.51. The van der Waals surface area contributed by atoms with Gasteiger partial charge in [0.1, 0.15) is 11.1 Å². The standard InChI is InChI=1S/C31H29N3O5/c1-30(25-9-3-2-4-10-25)31(39-29(36)34(30)20-24-8-6-5-7-23(24)19-32)13-15-33(16-14-31)28(35)18-22-11-12-26-27(17-22)38-21-37-26/h2-12,17H,13-16,18,20-21H2,1H3. The van der Waals surface area contributed by atoms with Gasteiger partial charge >= 0.3 is 6.09 Å². The van der Waals surface area contributed by atoms with Crippen molar-refractivity contribution in [3.05, 3.63) is 95.1 Å². The van der Waals surface area contributed by atoms with Crippen LogP contribution in [0.4, 0.5) is 4.79 Å². The molecule has 198 valence electrons. The normalized spacial score (nSPS) is 21.1. The molecule has 0 N–H and O–H groups in total. The smallest absolute Gasteiger partial charge is 0.411 e. The van der Waals surface area contributed by atoms with Gasteiger partial charge in [-0.3, -0.25) is 9.69 Å². The first-order chi connectivity index (χ1) is 18.9. The molecule has 2 amide bonds. The first-order valence-corrected chi connectivity index (χ1v) is 13.1. The zero-order valence-electron chi connectivity index (χ0n) is 21.8. The largest absolute Gasteiger partial charge is 0.454 e. The lowest BCUT2D eigenvalue weighted by Crippen LogP contribution is -2.59. The van der Waals surface area contributed by atoms with E-state index in [1.165, 1.54) is 0 Å². The summed E-state index contributed by atoms with van der Waals surface area (Å²) in [6.07, 6.45) is 0.867. The number of carbonyl (C=O) groups excluding carboxylic acids is 2. The van der Waals surface area contributed by atoms with E-state index in [0.717, 1.165) is 16.7 Å². The Balaban J connectivity index is 1.25. The Kier molecular flexibility index (Phi) is 6.15. The Morgan fingerprint density at radius 1 is 0.974 bits per heavy atom. The number of carbonyl (C=O) groups is 2. The van der Waals surface area contributed by atoms with E-state index in [1.54, 1.807) is 11.0 Å². The fourth-order valence-electron chi connectivity index (χ4n) is 6.14. The van der Waals surface area contributed by atoms with Crippen LogP contribution in [0, 0.1) is 11.3 Å². The van der Waals surface area contributed by atoms with Crippen LogP contribution in [0.25, 0.3) is 0 Å². The predicted molar refractivity (Wildman–Crippen MR) is 142 cm³/mol. The fourth-order valence-corrected chi connectivity index (χ4v) is 6.14. The molecule has 2 saturated heterocycles. The molecule has 1 unspecified atom stereocenters. The second kappa shape index (κ2) is 9.66. The number of amides is 2. The molecule has 39 heavy (non-hydrogen) atoms. The molecular formula is C31H29N3O5. The summed E-state index contributed by atoms with van der Waals surface area (Å²) < 4.78 is 17.1. The van der Waals surface area contributed by atoms with Crippen LogP contribution in [-0.2, 0) is 28.0 Å². The number of fused-ring (bicyclic) bond motifs is 1. The number of rotatable bonds is 5. The van der Waals surface area contributed by atoms with Gasteiger partial charge in [0, 0.05) is 25.9 Å². The summed E-state index contributed by atoms with van der Waals surface area (Å²) in [5, 5.41) is 9.65. The molecule has 6 rings (SSSR count). The molecule has 0 saturated carbocycles. The van der Waals surface area contributed by atoms with Crippen molar-refractivity contribution in [1.29, 1.82) is 5.26 Å². The topological polar surface area (TPSA) is 92.1 Å². The van der Waals surface area contributed by atoms with E-state index < -0.39 is 17.2 Å². The Bertz CT molecular complexity index is 1460. The highest BCUT2D eigenvalue weighted by molar-refractivity contribution is 5.79. The first kappa shape index (κ1) is 24.8. The fraction of sp³-hybridized carbons (Fsp3) is 0.323. The minimum absolute atomic E-state index is 0.0225. The lowest BCUT2D eigenvalue weighted by atomic mass is 9.70. The molecule has 1 spiro atoms. The summed E-state index contributed by atoms with van der Waals surface area (Å²) >= 11 is 0. The van der Waals surface area contributed by atoms with E-state index in [0.29, 0.717) is 43.0 Å². The van der Waals surface area contributed by atoms with Crippen LogP contribution in [0.3, 0.4) is 0 Å². The number of ether oxygens (including phenoxy) is 3. The number of nitrogens with zero attached hydrogens (tertiary/aromatic N) is 3. The minimum atomic E-state index is -0.817. The van der Waals surface area contributed by atoms with Crippen molar-refractivity contribution < 1.29 is 23.8 Å². The van der Waals surface area contributed by atoms with Gasteiger partial charge in [-0.2, -0.15) is 5.26 Å². The molecule has 3 heterocycles. The van der Waals surface area contributed by atoms with Gasteiger partial charge in [-0.15, -0.1) is 0 Å². The molecule has 3 aromatic rings. The summed E-state index contributed by atoms with van der Waals surface area (Å²) in [5.74, 6) is 1.37. The lowest BCUT2D eigenvalue weighted by Gasteiger charge is -2.48. The van der Waals surface area contributed by atoms with Crippen LogP contribution in [0.5, 0.6) is 11.5 Å². The number of nitriles is 1. The maximum atomic E-state index is 13.5. The van der Waals surface area contributed by atoms with Crippen molar-refractivity contribution in [2.75, 3.05) is 19.9 Å². The van der Waals surface area contributed by atoms with E-state index in [-0.39, 0.29) is 25.7 Å². The number of benzene rings is 3. The van der Waals surface area contributed by atoms with Gasteiger partial charge in [0.25, 0.3) is 0 Å². The molecule has 0 aromatic heterocycles. The van der Waals surface area contributed by atoms with Crippen LogP contribution in [-0.4, -0.2) is 47.3 Å². The van der Waals surface area contributed by atoms with Crippen LogP contribution in [0.2, 0.25) is 0 Å². The second-order valence-electron chi connectivity index (χ2n) is 10.4. The van der Waals surface area contributed by atoms with Gasteiger partial charge in [0.05, 0.1) is 24.6 Å². The molecule has 8 heteroatoms. The van der Waals surface area contributed by atoms with Gasteiger partial charge < -0.3 is 19.1 Å². The Morgan fingerprint density at radius 2 is 1.69 bits per heavy atom. The Morgan fingerprint density at radius 3 is 2.46 bits per heavy atom. The van der Waals surface area contributed by atoms with E-state index in [2.05, 4.69) is 6.07 Å². The molecule has 3 aromatic carbocycles. The molecule has 1 atom stereocenters. The van der Waals surface area contributed by atoms with E-state index in [4.69, 9.17) is 14.2 Å². The first-order valence-electron chi connectivity index (χ1n) is 13.1. The molecule has 2 fully saturated rings. The maximum absolute atomic E-state index is 13.5. The monoisotopic (exact) mass is 523 g/mol. The number of hydrogen-bond donors (Lipinski definition) is 0. The van der Waals surface area contributed by atoms with Gasteiger partial charge in [-0.1, -0.05) is 54.6 Å².